The summed E-state index contributed by atoms with van der Waals surface area (Å²) in [5.74, 6) is 0.566. The monoisotopic (exact) mass is 303 g/mol. The molecule has 0 aliphatic rings. The van der Waals surface area contributed by atoms with Gasteiger partial charge in [0.1, 0.15) is 6.54 Å². The third kappa shape index (κ3) is 3.88. The van der Waals surface area contributed by atoms with Crippen LogP contribution in [-0.2, 0) is 11.3 Å². The minimum absolute atomic E-state index is 0.0427. The van der Waals surface area contributed by atoms with Crippen molar-refractivity contribution in [3.8, 4) is 0 Å². The van der Waals surface area contributed by atoms with Crippen molar-refractivity contribution in [1.82, 2.24) is 25.5 Å². The van der Waals surface area contributed by atoms with Crippen LogP contribution in [0.4, 0.5) is 0 Å². The second kappa shape index (κ2) is 7.13. The maximum atomic E-state index is 12.0. The number of benzene rings is 1. The highest BCUT2D eigenvalue weighted by molar-refractivity contribution is 5.75. The molecule has 0 saturated heterocycles. The zero-order valence-corrected chi connectivity index (χ0v) is 13.0. The highest BCUT2D eigenvalue weighted by atomic mass is 16.3. The predicted molar refractivity (Wildman–Crippen MR) is 81.1 cm³/mol. The first kappa shape index (κ1) is 16.1. The molecule has 1 aromatic carbocycles. The Bertz CT molecular complexity index is 638. The topological polar surface area (TPSA) is 92.9 Å². The number of carbonyl (C=O) groups is 1. The highest BCUT2D eigenvalue weighted by Crippen LogP contribution is 2.16. The van der Waals surface area contributed by atoms with Crippen molar-refractivity contribution < 1.29 is 9.90 Å². The van der Waals surface area contributed by atoms with E-state index >= 15 is 0 Å². The number of aliphatic hydroxyl groups excluding tert-OH is 1. The molecule has 0 aliphatic carbocycles. The average molecular weight is 303 g/mol. The van der Waals surface area contributed by atoms with E-state index < -0.39 is 6.10 Å². The van der Waals surface area contributed by atoms with Crippen molar-refractivity contribution in [3.05, 3.63) is 41.2 Å². The van der Waals surface area contributed by atoms with E-state index in [0.717, 1.165) is 11.1 Å². The van der Waals surface area contributed by atoms with Gasteiger partial charge < -0.3 is 10.4 Å². The van der Waals surface area contributed by atoms with Crippen LogP contribution < -0.4 is 5.32 Å². The van der Waals surface area contributed by atoms with Gasteiger partial charge in [-0.25, -0.2) is 4.68 Å². The Morgan fingerprint density at radius 2 is 2.09 bits per heavy atom. The molecule has 2 N–H and O–H groups in total. The normalized spacial score (nSPS) is 12.4. The number of nitrogens with one attached hydrogen (secondary N) is 1. The third-order valence-corrected chi connectivity index (χ3v) is 3.41. The van der Waals surface area contributed by atoms with Crippen LogP contribution in [0.2, 0.25) is 0 Å². The van der Waals surface area contributed by atoms with Crippen LogP contribution in [0.1, 0.15) is 42.8 Å². The lowest BCUT2D eigenvalue weighted by Gasteiger charge is -2.14. The van der Waals surface area contributed by atoms with Crippen LogP contribution >= 0.6 is 0 Å². The number of rotatable bonds is 6. The summed E-state index contributed by atoms with van der Waals surface area (Å²) in [7, 11) is 0. The summed E-state index contributed by atoms with van der Waals surface area (Å²) in [4.78, 5) is 12.0. The van der Waals surface area contributed by atoms with Gasteiger partial charge in [-0.1, -0.05) is 38.1 Å². The van der Waals surface area contributed by atoms with E-state index in [1.165, 1.54) is 4.68 Å². The molecule has 0 aliphatic heterocycles. The summed E-state index contributed by atoms with van der Waals surface area (Å²) in [6.07, 6.45) is -0.733. The second-order valence-corrected chi connectivity index (χ2v) is 5.53. The number of hydrogen-bond acceptors (Lipinski definition) is 5. The Morgan fingerprint density at radius 3 is 2.77 bits per heavy atom. The molecule has 0 fully saturated rings. The molecule has 2 aromatic rings. The lowest BCUT2D eigenvalue weighted by Crippen LogP contribution is -2.32. The number of tetrazole rings is 1. The molecule has 1 amide bonds. The summed E-state index contributed by atoms with van der Waals surface area (Å²) in [5.41, 5.74) is 1.81. The molecule has 0 spiro atoms. The Morgan fingerprint density at radius 1 is 1.36 bits per heavy atom. The van der Waals surface area contributed by atoms with Gasteiger partial charge >= 0.3 is 0 Å². The highest BCUT2D eigenvalue weighted by Gasteiger charge is 2.15. The molecule has 1 unspecified atom stereocenters. The van der Waals surface area contributed by atoms with E-state index in [2.05, 4.69) is 20.8 Å². The zero-order chi connectivity index (χ0) is 16.1. The van der Waals surface area contributed by atoms with Crippen molar-refractivity contribution in [3.63, 3.8) is 0 Å². The minimum atomic E-state index is -0.733. The largest absolute Gasteiger partial charge is 0.387 e. The molecule has 7 heteroatoms. The van der Waals surface area contributed by atoms with Gasteiger partial charge in [-0.05, 0) is 28.5 Å². The lowest BCUT2D eigenvalue weighted by molar-refractivity contribution is -0.122. The van der Waals surface area contributed by atoms with Crippen molar-refractivity contribution >= 4 is 5.91 Å². The Kier molecular flexibility index (Phi) is 5.21. The first-order valence-electron chi connectivity index (χ1n) is 7.25. The van der Waals surface area contributed by atoms with Gasteiger partial charge in [0.25, 0.3) is 0 Å². The van der Waals surface area contributed by atoms with E-state index in [1.807, 2.05) is 45.0 Å². The third-order valence-electron chi connectivity index (χ3n) is 3.41. The summed E-state index contributed by atoms with van der Waals surface area (Å²) in [6, 6.07) is 7.55. The Balaban J connectivity index is 1.90. The zero-order valence-electron chi connectivity index (χ0n) is 13.0. The number of aliphatic hydroxyl groups is 1. The molecule has 118 valence electrons. The van der Waals surface area contributed by atoms with Gasteiger partial charge in [0, 0.05) is 12.5 Å². The van der Waals surface area contributed by atoms with Crippen molar-refractivity contribution in [2.24, 2.45) is 0 Å². The van der Waals surface area contributed by atoms with E-state index in [-0.39, 0.29) is 24.9 Å². The van der Waals surface area contributed by atoms with E-state index in [0.29, 0.717) is 5.82 Å². The molecule has 1 heterocycles. The molecule has 1 aromatic heterocycles. The maximum absolute atomic E-state index is 12.0. The van der Waals surface area contributed by atoms with E-state index in [9.17, 15) is 9.90 Å². The van der Waals surface area contributed by atoms with Crippen LogP contribution in [0, 0.1) is 6.92 Å². The number of nitrogens with zero attached hydrogens (tertiary/aromatic N) is 4. The van der Waals surface area contributed by atoms with Crippen LogP contribution in [0.3, 0.4) is 0 Å². The van der Waals surface area contributed by atoms with Gasteiger partial charge in [-0.2, -0.15) is 0 Å². The molecule has 2 rings (SSSR count). The van der Waals surface area contributed by atoms with E-state index in [1.54, 1.807) is 0 Å². The quantitative estimate of drug-likeness (QED) is 0.829. The van der Waals surface area contributed by atoms with Gasteiger partial charge in [-0.15, -0.1) is 5.10 Å². The summed E-state index contributed by atoms with van der Waals surface area (Å²) in [5, 5.41) is 24.2. The van der Waals surface area contributed by atoms with Crippen molar-refractivity contribution in [2.45, 2.75) is 39.3 Å². The smallest absolute Gasteiger partial charge is 0.241 e. The molecule has 0 radical (unpaired) electrons. The van der Waals surface area contributed by atoms with Gasteiger partial charge in [0.05, 0.1) is 6.10 Å². The molecule has 7 nitrogen and oxygen atoms in total. The first-order valence-corrected chi connectivity index (χ1v) is 7.25. The SMILES string of the molecule is Cc1ccccc1C(O)CNC(=O)Cn1nnnc1C(C)C. The molecule has 1 atom stereocenters. The molecular formula is C15H21N5O2. The number of carbonyl (C=O) groups excluding carboxylic acids is 1. The van der Waals surface area contributed by atoms with Crippen LogP contribution in [-0.4, -0.2) is 37.8 Å². The second-order valence-electron chi connectivity index (χ2n) is 5.53. The number of aryl methyl sites for hydroxylation is 1. The number of hydrogen-bond donors (Lipinski definition) is 2. The van der Waals surface area contributed by atoms with E-state index in [4.69, 9.17) is 0 Å². The van der Waals surface area contributed by atoms with Gasteiger partial charge in [-0.3, -0.25) is 4.79 Å². The number of amides is 1. The number of aromatic nitrogens is 4. The Hall–Kier alpha value is -2.28. The summed E-state index contributed by atoms with van der Waals surface area (Å²) >= 11 is 0. The fourth-order valence-corrected chi connectivity index (χ4v) is 2.21. The molecule has 22 heavy (non-hydrogen) atoms. The maximum Gasteiger partial charge on any atom is 0.241 e. The summed E-state index contributed by atoms with van der Waals surface area (Å²) in [6.45, 7) is 6.05. The van der Waals surface area contributed by atoms with Crippen LogP contribution in [0.15, 0.2) is 24.3 Å². The van der Waals surface area contributed by atoms with Gasteiger partial charge in [0.15, 0.2) is 5.82 Å². The van der Waals surface area contributed by atoms with Gasteiger partial charge in [0.2, 0.25) is 5.91 Å². The molecular weight excluding hydrogens is 282 g/mol. The molecule has 0 saturated carbocycles. The fourth-order valence-electron chi connectivity index (χ4n) is 2.21. The standard InChI is InChI=1S/C15H21N5O2/c1-10(2)15-17-18-19-20(15)9-14(22)16-8-13(21)12-7-5-4-6-11(12)3/h4-7,10,13,21H,8-9H2,1-3H3,(H,16,22). The van der Waals surface area contributed by atoms with Crippen LogP contribution in [0.5, 0.6) is 0 Å². The predicted octanol–water partition coefficient (Wildman–Crippen LogP) is 0.955. The average Bonchev–Trinajstić information content (AvgIpc) is 2.93. The van der Waals surface area contributed by atoms with Crippen molar-refractivity contribution in [1.29, 1.82) is 0 Å². The Labute approximate surface area is 129 Å². The van der Waals surface area contributed by atoms with Crippen LogP contribution in [0.25, 0.3) is 0 Å². The first-order chi connectivity index (χ1) is 10.5. The molecule has 0 bridgehead atoms. The summed E-state index contributed by atoms with van der Waals surface area (Å²) < 4.78 is 1.47. The fraction of sp³-hybridized carbons (Fsp3) is 0.467. The van der Waals surface area contributed by atoms with Crippen molar-refractivity contribution in [2.75, 3.05) is 6.54 Å². The minimum Gasteiger partial charge on any atom is -0.387 e. The lowest BCUT2D eigenvalue weighted by atomic mass is 10.0.